The number of halogens is 3. The third-order valence-corrected chi connectivity index (χ3v) is 5.66. The summed E-state index contributed by atoms with van der Waals surface area (Å²) in [6.07, 6.45) is 0. The predicted molar refractivity (Wildman–Crippen MR) is 69.9 cm³/mol. The van der Waals surface area contributed by atoms with Crippen LogP contribution in [0.4, 0.5) is 0 Å². The van der Waals surface area contributed by atoms with E-state index in [-0.39, 0.29) is 16.5 Å². The van der Waals surface area contributed by atoms with Crippen molar-refractivity contribution in [1.82, 2.24) is 4.72 Å². The Morgan fingerprint density at radius 3 is 2.60 bits per heavy atom. The van der Waals surface area contributed by atoms with Crippen molar-refractivity contribution in [3.05, 3.63) is 25.3 Å². The van der Waals surface area contributed by atoms with Crippen LogP contribution in [0.25, 0.3) is 0 Å². The van der Waals surface area contributed by atoms with Gasteiger partial charge in [0.1, 0.15) is 4.90 Å². The van der Waals surface area contributed by atoms with Crippen LogP contribution in [0.3, 0.4) is 0 Å². The summed E-state index contributed by atoms with van der Waals surface area (Å²) in [4.78, 5) is 0.192. The van der Waals surface area contributed by atoms with Crippen LogP contribution >= 0.6 is 54.8 Å². The van der Waals surface area contributed by atoms with E-state index in [0.717, 1.165) is 3.79 Å². The maximum absolute atomic E-state index is 11.7. The van der Waals surface area contributed by atoms with Gasteiger partial charge in [0, 0.05) is 11.6 Å². The fraction of sp³-hybridized carbons (Fsp3) is 0.143. The van der Waals surface area contributed by atoms with Crippen molar-refractivity contribution in [2.24, 2.45) is 0 Å². The molecular weight excluding hydrogens is 389 g/mol. The fourth-order valence-electron chi connectivity index (χ4n) is 0.759. The molecule has 8 heteroatoms. The Morgan fingerprint density at radius 2 is 2.20 bits per heavy atom. The SMILES string of the molecule is C=C(Cl)CNS(=O)(=O)c1cc(Br)sc1Br. The standard InChI is InChI=1S/C7H6Br2ClNO2S2/c1-4(10)3-11-15(12,13)5-2-6(8)14-7(5)9/h2,11H,1,3H2. The molecule has 15 heavy (non-hydrogen) atoms. The predicted octanol–water partition coefficient (Wildman–Crippen LogP) is 3.30. The van der Waals surface area contributed by atoms with Crippen LogP contribution in [-0.4, -0.2) is 15.0 Å². The average Bonchev–Trinajstić information content (AvgIpc) is 2.43. The second-order valence-electron chi connectivity index (χ2n) is 2.53. The highest BCUT2D eigenvalue weighted by Gasteiger charge is 2.19. The third-order valence-electron chi connectivity index (χ3n) is 1.37. The van der Waals surface area contributed by atoms with Gasteiger partial charge >= 0.3 is 0 Å². The molecule has 0 amide bonds. The number of rotatable bonds is 4. The first kappa shape index (κ1) is 13.7. The van der Waals surface area contributed by atoms with Crippen LogP contribution in [0.5, 0.6) is 0 Å². The van der Waals surface area contributed by atoms with E-state index in [1.807, 2.05) is 0 Å². The van der Waals surface area contributed by atoms with E-state index >= 15 is 0 Å². The summed E-state index contributed by atoms with van der Waals surface area (Å²) >= 11 is 13.1. The van der Waals surface area contributed by atoms with Gasteiger partial charge in [0.25, 0.3) is 0 Å². The van der Waals surface area contributed by atoms with Crippen LogP contribution in [0.2, 0.25) is 0 Å². The topological polar surface area (TPSA) is 46.2 Å². The monoisotopic (exact) mass is 393 g/mol. The molecule has 84 valence electrons. The molecule has 0 aliphatic heterocycles. The highest BCUT2D eigenvalue weighted by atomic mass is 79.9. The van der Waals surface area contributed by atoms with E-state index in [4.69, 9.17) is 11.6 Å². The number of nitrogens with one attached hydrogen (secondary N) is 1. The molecule has 1 rings (SSSR count). The molecular formula is C7H6Br2ClNO2S2. The van der Waals surface area contributed by atoms with E-state index in [9.17, 15) is 8.42 Å². The number of hydrogen-bond donors (Lipinski definition) is 1. The zero-order chi connectivity index (χ0) is 11.6. The first-order chi connectivity index (χ1) is 6.83. The van der Waals surface area contributed by atoms with Crippen LogP contribution in [0, 0.1) is 0 Å². The van der Waals surface area contributed by atoms with Gasteiger partial charge in [-0.2, -0.15) is 0 Å². The fourth-order valence-corrected chi connectivity index (χ4v) is 5.74. The van der Waals surface area contributed by atoms with Gasteiger partial charge in [-0.3, -0.25) is 0 Å². The van der Waals surface area contributed by atoms with Gasteiger partial charge in [-0.05, 0) is 37.9 Å². The largest absolute Gasteiger partial charge is 0.242 e. The van der Waals surface area contributed by atoms with Crippen molar-refractivity contribution in [2.75, 3.05) is 6.54 Å². The molecule has 0 bridgehead atoms. The molecule has 3 nitrogen and oxygen atoms in total. The second kappa shape index (κ2) is 5.29. The van der Waals surface area contributed by atoms with Crippen molar-refractivity contribution >= 4 is 64.8 Å². The lowest BCUT2D eigenvalue weighted by atomic mass is 10.7. The molecule has 0 unspecified atom stereocenters. The van der Waals surface area contributed by atoms with Gasteiger partial charge in [-0.1, -0.05) is 18.2 Å². The Labute approximate surface area is 114 Å². The molecule has 0 spiro atoms. The molecule has 1 aromatic heterocycles. The summed E-state index contributed by atoms with van der Waals surface area (Å²) in [6.45, 7) is 3.42. The summed E-state index contributed by atoms with van der Waals surface area (Å²) < 4.78 is 27.0. The Balaban J connectivity index is 2.96. The maximum Gasteiger partial charge on any atom is 0.242 e. The summed E-state index contributed by atoms with van der Waals surface area (Å²) in [7, 11) is -3.53. The Hall–Kier alpha value is 0.600. The van der Waals surface area contributed by atoms with Gasteiger partial charge in [0.15, 0.2) is 0 Å². The van der Waals surface area contributed by atoms with Crippen molar-refractivity contribution in [3.63, 3.8) is 0 Å². The first-order valence-electron chi connectivity index (χ1n) is 3.60. The molecule has 0 atom stereocenters. The third kappa shape index (κ3) is 3.83. The zero-order valence-corrected chi connectivity index (χ0v) is 12.8. The van der Waals surface area contributed by atoms with Crippen LogP contribution < -0.4 is 4.72 Å². The lowest BCUT2D eigenvalue weighted by molar-refractivity contribution is 0.585. The maximum atomic E-state index is 11.7. The van der Waals surface area contributed by atoms with E-state index in [1.165, 1.54) is 17.4 Å². The molecule has 1 heterocycles. The van der Waals surface area contributed by atoms with Gasteiger partial charge in [-0.15, -0.1) is 11.3 Å². The Bertz CT molecular complexity index is 483. The highest BCUT2D eigenvalue weighted by molar-refractivity contribution is 9.12. The molecule has 1 N–H and O–H groups in total. The smallest absolute Gasteiger partial charge is 0.207 e. The molecule has 0 saturated carbocycles. The summed E-state index contributed by atoms with van der Waals surface area (Å²) in [5.74, 6) is 0. The first-order valence-corrected chi connectivity index (χ1v) is 7.87. The number of sulfonamides is 1. The van der Waals surface area contributed by atoms with Crippen molar-refractivity contribution < 1.29 is 8.42 Å². The van der Waals surface area contributed by atoms with Crippen molar-refractivity contribution in [3.8, 4) is 0 Å². The van der Waals surface area contributed by atoms with Gasteiger partial charge in [-0.25, -0.2) is 13.1 Å². The minimum Gasteiger partial charge on any atom is -0.207 e. The van der Waals surface area contributed by atoms with E-state index < -0.39 is 10.0 Å². The number of hydrogen-bond acceptors (Lipinski definition) is 3. The normalized spacial score (nSPS) is 11.7. The quantitative estimate of drug-likeness (QED) is 0.850. The van der Waals surface area contributed by atoms with E-state index in [1.54, 1.807) is 0 Å². The summed E-state index contributed by atoms with van der Waals surface area (Å²) in [5.41, 5.74) is 0. The lowest BCUT2D eigenvalue weighted by Gasteiger charge is -2.03. The van der Waals surface area contributed by atoms with Crippen molar-refractivity contribution in [1.29, 1.82) is 0 Å². The van der Waals surface area contributed by atoms with E-state index in [0.29, 0.717) is 3.79 Å². The summed E-state index contributed by atoms with van der Waals surface area (Å²) in [6, 6.07) is 1.52. The van der Waals surface area contributed by atoms with Crippen LogP contribution in [0.15, 0.2) is 30.1 Å². The molecule has 1 aromatic rings. The summed E-state index contributed by atoms with van der Waals surface area (Å²) in [5, 5.41) is 0.240. The van der Waals surface area contributed by atoms with Gasteiger partial charge in [0.05, 0.1) is 7.57 Å². The highest BCUT2D eigenvalue weighted by Crippen LogP contribution is 2.34. The van der Waals surface area contributed by atoms with Crippen LogP contribution in [0.1, 0.15) is 0 Å². The van der Waals surface area contributed by atoms with Gasteiger partial charge in [0.2, 0.25) is 10.0 Å². The Kier molecular flexibility index (Phi) is 4.82. The molecule has 0 aliphatic carbocycles. The Morgan fingerprint density at radius 1 is 1.60 bits per heavy atom. The molecule has 0 aliphatic rings. The average molecular weight is 396 g/mol. The minimum atomic E-state index is -3.53. The van der Waals surface area contributed by atoms with Gasteiger partial charge < -0.3 is 0 Å². The molecule has 0 radical (unpaired) electrons. The lowest BCUT2D eigenvalue weighted by Crippen LogP contribution is -2.24. The van der Waals surface area contributed by atoms with Crippen LogP contribution in [-0.2, 0) is 10.0 Å². The molecule has 0 fully saturated rings. The molecule has 0 saturated heterocycles. The molecule has 0 aromatic carbocycles. The van der Waals surface area contributed by atoms with Crippen molar-refractivity contribution in [2.45, 2.75) is 4.90 Å². The van der Waals surface area contributed by atoms with E-state index in [2.05, 4.69) is 43.2 Å². The second-order valence-corrected chi connectivity index (χ2v) is 8.55. The minimum absolute atomic E-state index is 0.0177. The zero-order valence-electron chi connectivity index (χ0n) is 7.26. The number of thiophene rings is 1.